The van der Waals surface area contributed by atoms with Crippen LogP contribution in [0.5, 0.6) is 5.75 Å². The molecular formula is C29H27FN4O2. The number of aryl methyl sites for hydroxylation is 2. The van der Waals surface area contributed by atoms with Crippen molar-refractivity contribution in [2.24, 2.45) is 7.05 Å². The second-order valence-electron chi connectivity index (χ2n) is 8.70. The number of carbonyl (C=O) groups is 1. The maximum atomic E-state index is 14.1. The molecule has 0 saturated heterocycles. The van der Waals surface area contributed by atoms with Crippen LogP contribution in [0.15, 0.2) is 85.2 Å². The molecule has 7 heteroatoms. The lowest BCUT2D eigenvalue weighted by atomic mass is 10.0. The second kappa shape index (κ2) is 10.1. The number of amides is 1. The van der Waals surface area contributed by atoms with E-state index in [1.165, 1.54) is 12.1 Å². The lowest BCUT2D eigenvalue weighted by molar-refractivity contribution is -0.121. The number of aromatic amines is 1. The molecule has 5 rings (SSSR count). The van der Waals surface area contributed by atoms with Crippen molar-refractivity contribution in [2.75, 3.05) is 7.11 Å². The molecule has 6 nitrogen and oxygen atoms in total. The maximum Gasteiger partial charge on any atom is 0.221 e. The number of fused-ring (bicyclic) bond motifs is 1. The summed E-state index contributed by atoms with van der Waals surface area (Å²) in [5, 5.41) is 3.94. The zero-order valence-corrected chi connectivity index (χ0v) is 20.2. The number of hydrogen-bond acceptors (Lipinski definition) is 3. The standard InChI is InChI=1S/C29H27FN4O2/c1-34-17-16-31-29(34)28(20-8-11-22(36-2)12-9-20)33-26(35)15-13-23-24-18-21(30)10-14-25(24)32-27(23)19-6-4-3-5-7-19/h3-12,14,16-18,28,32H,13,15H2,1-2H3,(H,33,35). The van der Waals surface area contributed by atoms with E-state index in [4.69, 9.17) is 4.74 Å². The molecule has 0 saturated carbocycles. The van der Waals surface area contributed by atoms with Crippen molar-refractivity contribution in [2.45, 2.75) is 18.9 Å². The minimum absolute atomic E-state index is 0.122. The summed E-state index contributed by atoms with van der Waals surface area (Å²) >= 11 is 0. The molecule has 5 aromatic rings. The fraction of sp³-hybridized carbons (Fsp3) is 0.172. The van der Waals surface area contributed by atoms with E-state index < -0.39 is 6.04 Å². The van der Waals surface area contributed by atoms with Crippen LogP contribution in [0.4, 0.5) is 4.39 Å². The Bertz CT molecular complexity index is 1490. The summed E-state index contributed by atoms with van der Waals surface area (Å²) in [4.78, 5) is 21.1. The molecule has 2 N–H and O–H groups in total. The lowest BCUT2D eigenvalue weighted by Crippen LogP contribution is -2.31. The molecule has 0 aliphatic heterocycles. The summed E-state index contributed by atoms with van der Waals surface area (Å²) in [6.07, 6.45) is 4.26. The molecule has 1 atom stereocenters. The highest BCUT2D eigenvalue weighted by molar-refractivity contribution is 5.91. The van der Waals surface area contributed by atoms with Gasteiger partial charge in [-0.1, -0.05) is 42.5 Å². The summed E-state index contributed by atoms with van der Waals surface area (Å²) < 4.78 is 21.3. The molecular weight excluding hydrogens is 455 g/mol. The van der Waals surface area contributed by atoms with Crippen LogP contribution >= 0.6 is 0 Å². The van der Waals surface area contributed by atoms with E-state index in [0.29, 0.717) is 6.42 Å². The molecule has 0 fully saturated rings. The Kier molecular flexibility index (Phi) is 6.54. The highest BCUT2D eigenvalue weighted by Crippen LogP contribution is 2.32. The van der Waals surface area contributed by atoms with Crippen molar-refractivity contribution < 1.29 is 13.9 Å². The van der Waals surface area contributed by atoms with E-state index in [2.05, 4.69) is 15.3 Å². The Balaban J connectivity index is 1.42. The SMILES string of the molecule is COc1ccc(C(NC(=O)CCc2c(-c3ccccc3)[nH]c3ccc(F)cc23)c2nccn2C)cc1. The Labute approximate surface area is 208 Å². The third kappa shape index (κ3) is 4.73. The molecule has 36 heavy (non-hydrogen) atoms. The van der Waals surface area contributed by atoms with E-state index in [-0.39, 0.29) is 18.1 Å². The largest absolute Gasteiger partial charge is 0.497 e. The number of methoxy groups -OCH3 is 1. The maximum absolute atomic E-state index is 14.1. The zero-order chi connectivity index (χ0) is 25.1. The Morgan fingerprint density at radius 3 is 2.58 bits per heavy atom. The normalized spacial score (nSPS) is 12.0. The van der Waals surface area contributed by atoms with Gasteiger partial charge in [-0.3, -0.25) is 4.79 Å². The summed E-state index contributed by atoms with van der Waals surface area (Å²) in [5.41, 5.74) is 4.56. The molecule has 2 heterocycles. The van der Waals surface area contributed by atoms with Crippen molar-refractivity contribution in [3.8, 4) is 17.0 Å². The number of nitrogens with zero attached hydrogens (tertiary/aromatic N) is 2. The zero-order valence-electron chi connectivity index (χ0n) is 20.2. The van der Waals surface area contributed by atoms with Crippen LogP contribution in [-0.2, 0) is 18.3 Å². The van der Waals surface area contributed by atoms with E-state index in [1.54, 1.807) is 19.4 Å². The number of imidazole rings is 1. The number of nitrogens with one attached hydrogen (secondary N) is 2. The molecule has 0 aliphatic carbocycles. The molecule has 182 valence electrons. The molecule has 0 radical (unpaired) electrons. The minimum atomic E-state index is -0.419. The first-order valence-electron chi connectivity index (χ1n) is 11.8. The van der Waals surface area contributed by atoms with Crippen LogP contribution in [0.3, 0.4) is 0 Å². The summed E-state index contributed by atoms with van der Waals surface area (Å²) in [5.74, 6) is 1.04. The first-order chi connectivity index (χ1) is 17.5. The average molecular weight is 483 g/mol. The molecule has 1 unspecified atom stereocenters. The number of ether oxygens (including phenoxy) is 1. The van der Waals surface area contributed by atoms with Crippen molar-refractivity contribution in [3.63, 3.8) is 0 Å². The van der Waals surface area contributed by atoms with Gasteiger partial charge in [0.15, 0.2) is 0 Å². The molecule has 3 aromatic carbocycles. The summed E-state index contributed by atoms with van der Waals surface area (Å²) in [6.45, 7) is 0. The van der Waals surface area contributed by atoms with Crippen molar-refractivity contribution in [1.29, 1.82) is 0 Å². The van der Waals surface area contributed by atoms with E-state index in [0.717, 1.165) is 44.9 Å². The van der Waals surface area contributed by atoms with Crippen molar-refractivity contribution in [3.05, 3.63) is 108 Å². The van der Waals surface area contributed by atoms with E-state index in [9.17, 15) is 9.18 Å². The smallest absolute Gasteiger partial charge is 0.221 e. The lowest BCUT2D eigenvalue weighted by Gasteiger charge is -2.19. The van der Waals surface area contributed by atoms with Gasteiger partial charge in [-0.2, -0.15) is 0 Å². The summed E-state index contributed by atoms with van der Waals surface area (Å²) in [6, 6.07) is 21.8. The number of aromatic nitrogens is 3. The third-order valence-electron chi connectivity index (χ3n) is 6.40. The van der Waals surface area contributed by atoms with Crippen LogP contribution in [-0.4, -0.2) is 27.6 Å². The number of H-pyrrole nitrogens is 1. The number of hydrogen-bond donors (Lipinski definition) is 2. The highest BCUT2D eigenvalue weighted by atomic mass is 19.1. The third-order valence-corrected chi connectivity index (χ3v) is 6.40. The Morgan fingerprint density at radius 2 is 1.89 bits per heavy atom. The van der Waals surface area contributed by atoms with Gasteiger partial charge in [-0.05, 0) is 53.4 Å². The second-order valence-corrected chi connectivity index (χ2v) is 8.70. The van der Waals surface area contributed by atoms with Gasteiger partial charge in [0.25, 0.3) is 0 Å². The highest BCUT2D eigenvalue weighted by Gasteiger charge is 2.22. The average Bonchev–Trinajstić information content (AvgIpc) is 3.49. The summed E-state index contributed by atoms with van der Waals surface area (Å²) in [7, 11) is 3.52. The Morgan fingerprint density at radius 1 is 1.11 bits per heavy atom. The number of rotatable bonds is 8. The molecule has 0 aliphatic rings. The predicted molar refractivity (Wildman–Crippen MR) is 138 cm³/mol. The van der Waals surface area contributed by atoms with Crippen LogP contribution in [0.1, 0.15) is 29.4 Å². The van der Waals surface area contributed by atoms with Gasteiger partial charge in [0.1, 0.15) is 23.4 Å². The fourth-order valence-electron chi connectivity index (χ4n) is 4.55. The van der Waals surface area contributed by atoms with Crippen LogP contribution < -0.4 is 10.1 Å². The van der Waals surface area contributed by atoms with Crippen molar-refractivity contribution in [1.82, 2.24) is 19.9 Å². The number of carbonyl (C=O) groups excluding carboxylic acids is 1. The van der Waals surface area contributed by atoms with Gasteiger partial charge in [0, 0.05) is 42.5 Å². The first-order valence-corrected chi connectivity index (χ1v) is 11.8. The first kappa shape index (κ1) is 23.4. The fourth-order valence-corrected chi connectivity index (χ4v) is 4.55. The van der Waals surface area contributed by atoms with Gasteiger partial charge in [0.05, 0.1) is 7.11 Å². The number of halogens is 1. The van der Waals surface area contributed by atoms with Gasteiger partial charge in [-0.25, -0.2) is 9.37 Å². The molecule has 0 bridgehead atoms. The monoisotopic (exact) mass is 482 g/mol. The Hall–Kier alpha value is -4.39. The van der Waals surface area contributed by atoms with Crippen LogP contribution in [0.2, 0.25) is 0 Å². The number of benzene rings is 3. The molecule has 1 amide bonds. The van der Waals surface area contributed by atoms with Gasteiger partial charge >= 0.3 is 0 Å². The van der Waals surface area contributed by atoms with Gasteiger partial charge in [0.2, 0.25) is 5.91 Å². The van der Waals surface area contributed by atoms with E-state index >= 15 is 0 Å². The van der Waals surface area contributed by atoms with Crippen LogP contribution in [0.25, 0.3) is 22.2 Å². The quantitative estimate of drug-likeness (QED) is 0.304. The molecule has 2 aromatic heterocycles. The minimum Gasteiger partial charge on any atom is -0.497 e. The van der Waals surface area contributed by atoms with Crippen molar-refractivity contribution >= 4 is 16.8 Å². The van der Waals surface area contributed by atoms with Gasteiger partial charge < -0.3 is 19.6 Å². The van der Waals surface area contributed by atoms with Crippen LogP contribution in [0, 0.1) is 5.82 Å². The van der Waals surface area contributed by atoms with Gasteiger partial charge in [-0.15, -0.1) is 0 Å². The van der Waals surface area contributed by atoms with E-state index in [1.807, 2.05) is 72.4 Å². The topological polar surface area (TPSA) is 71.9 Å². The molecule has 0 spiro atoms. The predicted octanol–water partition coefficient (Wildman–Crippen LogP) is 5.55.